The van der Waals surface area contributed by atoms with Crippen molar-refractivity contribution in [3.8, 4) is 0 Å². The van der Waals surface area contributed by atoms with E-state index in [-0.39, 0.29) is 28.7 Å². The van der Waals surface area contributed by atoms with Crippen LogP contribution in [0.4, 0.5) is 5.69 Å². The number of thioether (sulfide) groups is 1. The lowest BCUT2D eigenvalue weighted by molar-refractivity contribution is 0.0975. The van der Waals surface area contributed by atoms with Crippen LogP contribution in [0.2, 0.25) is 0 Å². The van der Waals surface area contributed by atoms with Crippen molar-refractivity contribution in [2.75, 3.05) is 11.6 Å². The molecule has 1 aromatic heterocycles. The maximum absolute atomic E-state index is 12.7. The molecule has 23 heavy (non-hydrogen) atoms. The predicted molar refractivity (Wildman–Crippen MR) is 90.8 cm³/mol. The Morgan fingerprint density at radius 3 is 2.22 bits per heavy atom. The highest BCUT2D eigenvalue weighted by atomic mass is 32.2. The Bertz CT molecular complexity index is 859. The van der Waals surface area contributed by atoms with E-state index in [0.29, 0.717) is 4.91 Å². The number of hydrogen-bond acceptors (Lipinski definition) is 6. The van der Waals surface area contributed by atoms with Gasteiger partial charge in [-0.1, -0.05) is 6.07 Å². The molecule has 0 saturated carbocycles. The van der Waals surface area contributed by atoms with Crippen LogP contribution in [-0.2, 0) is 0 Å². The first-order chi connectivity index (χ1) is 11.0. The van der Waals surface area contributed by atoms with Crippen molar-refractivity contribution in [3.63, 3.8) is 0 Å². The third kappa shape index (κ3) is 2.66. The molecule has 0 aliphatic heterocycles. The summed E-state index contributed by atoms with van der Waals surface area (Å²) in [5.41, 5.74) is 3.52. The molecule has 0 spiro atoms. The van der Waals surface area contributed by atoms with E-state index in [1.54, 1.807) is 6.26 Å². The molecule has 1 N–H and O–H groups in total. The first kappa shape index (κ1) is 15.4. The number of nitrogens with one attached hydrogen (secondary N) is 1. The molecule has 0 unspecified atom stereocenters. The minimum Gasteiger partial charge on any atom is -0.351 e. The molecule has 0 fully saturated rings. The van der Waals surface area contributed by atoms with Crippen LogP contribution in [0.1, 0.15) is 32.1 Å². The standard InChI is InChI=1S/C17H15N3O2S/c1-9-4-5-11(8-10(9)2)20-14-15(21)12-13(19-7-6-18-12)16(22)17(14)23-3/h4-8,20H,1-3H3. The Hall–Kier alpha value is -2.47. The van der Waals surface area contributed by atoms with Gasteiger partial charge >= 0.3 is 0 Å². The minimum absolute atomic E-state index is 0.0987. The Kier molecular flexibility index (Phi) is 4.00. The maximum atomic E-state index is 12.7. The van der Waals surface area contributed by atoms with Gasteiger partial charge in [0, 0.05) is 18.1 Å². The average molecular weight is 325 g/mol. The van der Waals surface area contributed by atoms with Crippen molar-refractivity contribution in [2.24, 2.45) is 0 Å². The summed E-state index contributed by atoms with van der Waals surface area (Å²) in [6, 6.07) is 5.81. The van der Waals surface area contributed by atoms with Crippen LogP contribution in [0.3, 0.4) is 0 Å². The van der Waals surface area contributed by atoms with Gasteiger partial charge in [-0.3, -0.25) is 9.59 Å². The molecule has 0 saturated heterocycles. The van der Waals surface area contributed by atoms with Gasteiger partial charge in [-0.2, -0.15) is 0 Å². The predicted octanol–water partition coefficient (Wildman–Crippen LogP) is 3.16. The average Bonchev–Trinajstić information content (AvgIpc) is 2.56. The minimum atomic E-state index is -0.310. The van der Waals surface area contributed by atoms with Crippen LogP contribution >= 0.6 is 11.8 Å². The van der Waals surface area contributed by atoms with Crippen molar-refractivity contribution in [2.45, 2.75) is 13.8 Å². The highest BCUT2D eigenvalue weighted by Gasteiger charge is 2.34. The summed E-state index contributed by atoms with van der Waals surface area (Å²) in [6.07, 6.45) is 4.61. The van der Waals surface area contributed by atoms with E-state index in [1.807, 2.05) is 32.0 Å². The van der Waals surface area contributed by atoms with Crippen LogP contribution in [0.25, 0.3) is 0 Å². The molecule has 0 radical (unpaired) electrons. The second-order valence-corrected chi connectivity index (χ2v) is 6.06. The topological polar surface area (TPSA) is 72.0 Å². The molecule has 116 valence electrons. The van der Waals surface area contributed by atoms with Crippen molar-refractivity contribution < 1.29 is 9.59 Å². The van der Waals surface area contributed by atoms with Crippen molar-refractivity contribution >= 4 is 29.0 Å². The quantitative estimate of drug-likeness (QED) is 0.934. The molecule has 1 aliphatic rings. The Labute approximate surface area is 138 Å². The number of fused-ring (bicyclic) bond motifs is 1. The third-order valence-corrected chi connectivity index (χ3v) is 4.57. The summed E-state index contributed by atoms with van der Waals surface area (Å²) < 4.78 is 0. The summed E-state index contributed by atoms with van der Waals surface area (Å²) in [5.74, 6) is -0.582. The summed E-state index contributed by atoms with van der Waals surface area (Å²) in [7, 11) is 0. The fourth-order valence-electron chi connectivity index (χ4n) is 2.38. The highest BCUT2D eigenvalue weighted by Crippen LogP contribution is 2.30. The zero-order chi connectivity index (χ0) is 16.6. The van der Waals surface area contributed by atoms with Crippen LogP contribution in [0.5, 0.6) is 0 Å². The van der Waals surface area contributed by atoms with Gasteiger partial charge in [0.05, 0.1) is 4.91 Å². The number of carbonyl (C=O) groups is 2. The number of Topliss-reactive ketones (excluding diaryl/α,β-unsaturated/α-hetero) is 2. The number of ketones is 2. The molecule has 1 aromatic carbocycles. The zero-order valence-corrected chi connectivity index (χ0v) is 13.8. The van der Waals surface area contributed by atoms with Gasteiger partial charge in [0.25, 0.3) is 0 Å². The first-order valence-corrected chi connectivity index (χ1v) is 8.28. The van der Waals surface area contributed by atoms with E-state index in [0.717, 1.165) is 16.8 Å². The number of aryl methyl sites for hydroxylation is 2. The Balaban J connectivity index is 2.07. The molecular weight excluding hydrogens is 310 g/mol. The molecule has 6 heteroatoms. The lowest BCUT2D eigenvalue weighted by atomic mass is 10.0. The molecule has 5 nitrogen and oxygen atoms in total. The van der Waals surface area contributed by atoms with Crippen LogP contribution in [-0.4, -0.2) is 27.8 Å². The van der Waals surface area contributed by atoms with Crippen LogP contribution in [0, 0.1) is 13.8 Å². The van der Waals surface area contributed by atoms with Crippen LogP contribution < -0.4 is 5.32 Å². The molecular formula is C17H15N3O2S. The smallest absolute Gasteiger partial charge is 0.231 e. The molecule has 1 aliphatic carbocycles. The molecule has 2 aromatic rings. The van der Waals surface area contributed by atoms with Crippen molar-refractivity contribution in [1.29, 1.82) is 0 Å². The van der Waals surface area contributed by atoms with E-state index < -0.39 is 0 Å². The van der Waals surface area contributed by atoms with Crippen molar-refractivity contribution in [3.05, 3.63) is 63.7 Å². The van der Waals surface area contributed by atoms with Gasteiger partial charge in [0.15, 0.2) is 0 Å². The summed E-state index contributed by atoms with van der Waals surface area (Å²) in [4.78, 5) is 33.6. The lowest BCUT2D eigenvalue weighted by Crippen LogP contribution is -2.27. The Morgan fingerprint density at radius 1 is 0.957 bits per heavy atom. The number of hydrogen-bond donors (Lipinski definition) is 1. The number of carbonyl (C=O) groups excluding carboxylic acids is 2. The van der Waals surface area contributed by atoms with Gasteiger partial charge < -0.3 is 5.32 Å². The van der Waals surface area contributed by atoms with Gasteiger partial charge in [0.2, 0.25) is 11.6 Å². The second kappa shape index (κ2) is 5.96. The van der Waals surface area contributed by atoms with Gasteiger partial charge in [-0.25, -0.2) is 9.97 Å². The molecule has 1 heterocycles. The largest absolute Gasteiger partial charge is 0.351 e. The summed E-state index contributed by atoms with van der Waals surface area (Å²) in [5, 5.41) is 3.09. The highest BCUT2D eigenvalue weighted by molar-refractivity contribution is 8.03. The number of nitrogens with zero attached hydrogens (tertiary/aromatic N) is 2. The maximum Gasteiger partial charge on any atom is 0.231 e. The zero-order valence-electron chi connectivity index (χ0n) is 13.0. The molecule has 0 amide bonds. The Morgan fingerprint density at radius 2 is 1.61 bits per heavy atom. The first-order valence-electron chi connectivity index (χ1n) is 7.06. The SMILES string of the molecule is CSC1=C(Nc2ccc(C)c(C)c2)C(=O)c2nccnc2C1=O. The fraction of sp³-hybridized carbons (Fsp3) is 0.176. The van der Waals surface area contributed by atoms with E-state index in [4.69, 9.17) is 0 Å². The van der Waals surface area contributed by atoms with Crippen molar-refractivity contribution in [1.82, 2.24) is 9.97 Å². The van der Waals surface area contributed by atoms with Gasteiger partial charge in [0.1, 0.15) is 17.1 Å². The lowest BCUT2D eigenvalue weighted by Gasteiger charge is -2.19. The summed E-state index contributed by atoms with van der Waals surface area (Å²) in [6.45, 7) is 4.02. The number of benzene rings is 1. The molecule has 3 rings (SSSR count). The fourth-order valence-corrected chi connectivity index (χ4v) is 3.01. The normalized spacial score (nSPS) is 14.0. The number of rotatable bonds is 3. The molecule has 0 bridgehead atoms. The van der Waals surface area contributed by atoms with Gasteiger partial charge in [-0.05, 0) is 43.4 Å². The third-order valence-electron chi connectivity index (χ3n) is 3.77. The number of aromatic nitrogens is 2. The number of anilines is 1. The van der Waals surface area contributed by atoms with E-state index in [9.17, 15) is 9.59 Å². The monoisotopic (exact) mass is 325 g/mol. The number of allylic oxidation sites excluding steroid dienone is 2. The second-order valence-electron chi connectivity index (χ2n) is 5.24. The van der Waals surface area contributed by atoms with Crippen LogP contribution in [0.15, 0.2) is 41.2 Å². The van der Waals surface area contributed by atoms with E-state index in [2.05, 4.69) is 15.3 Å². The summed E-state index contributed by atoms with van der Waals surface area (Å²) >= 11 is 1.23. The molecule has 0 atom stereocenters. The van der Waals surface area contributed by atoms with Gasteiger partial charge in [-0.15, -0.1) is 11.8 Å². The van der Waals surface area contributed by atoms with E-state index in [1.165, 1.54) is 24.2 Å². The van der Waals surface area contributed by atoms with E-state index >= 15 is 0 Å².